The number of nitro benzene ring substituents is 1. The van der Waals surface area contributed by atoms with Gasteiger partial charge in [-0.3, -0.25) is 14.9 Å². The highest BCUT2D eigenvalue weighted by atomic mass is 19.1. The molecule has 7 heteroatoms. The number of benzene rings is 1. The predicted molar refractivity (Wildman–Crippen MR) is 71.1 cm³/mol. The van der Waals surface area contributed by atoms with Crippen LogP contribution in [0.4, 0.5) is 10.1 Å². The number of amides is 1. The molecule has 0 fully saturated rings. The van der Waals surface area contributed by atoms with Crippen LogP contribution in [0.3, 0.4) is 0 Å². The van der Waals surface area contributed by atoms with Crippen LogP contribution < -0.4 is 5.32 Å². The molecule has 0 heterocycles. The number of nitro groups is 1. The molecule has 6 nitrogen and oxygen atoms in total. The Kier molecular flexibility index (Phi) is 6.05. The van der Waals surface area contributed by atoms with E-state index in [1.165, 1.54) is 6.07 Å². The first-order chi connectivity index (χ1) is 9.41. The van der Waals surface area contributed by atoms with E-state index < -0.39 is 22.3 Å². The lowest BCUT2D eigenvalue weighted by atomic mass is 10.2. The van der Waals surface area contributed by atoms with Crippen molar-refractivity contribution in [1.29, 1.82) is 0 Å². The quantitative estimate of drug-likeness (QED) is 0.473. The smallest absolute Gasteiger partial charge is 0.304 e. The molecule has 1 aromatic rings. The monoisotopic (exact) mass is 284 g/mol. The molecule has 1 aromatic carbocycles. The lowest BCUT2D eigenvalue weighted by Gasteiger charge is -2.08. The first kappa shape index (κ1) is 16.0. The summed E-state index contributed by atoms with van der Waals surface area (Å²) >= 11 is 0. The van der Waals surface area contributed by atoms with Crippen LogP contribution >= 0.6 is 0 Å². The van der Waals surface area contributed by atoms with Gasteiger partial charge in [0.25, 0.3) is 5.91 Å². The van der Waals surface area contributed by atoms with E-state index in [1.54, 1.807) is 0 Å². The minimum Gasteiger partial charge on any atom is -0.379 e. The van der Waals surface area contributed by atoms with E-state index in [2.05, 4.69) is 5.32 Å². The number of hydrogen-bond donors (Lipinski definition) is 1. The van der Waals surface area contributed by atoms with Crippen molar-refractivity contribution in [3.63, 3.8) is 0 Å². The number of halogens is 1. The van der Waals surface area contributed by atoms with Gasteiger partial charge < -0.3 is 10.1 Å². The average molecular weight is 284 g/mol. The minimum atomic E-state index is -1.02. The summed E-state index contributed by atoms with van der Waals surface area (Å²) in [6, 6.07) is 3.06. The van der Waals surface area contributed by atoms with E-state index in [0.29, 0.717) is 19.6 Å². The number of carbonyl (C=O) groups excluding carboxylic acids is 1. The number of hydrogen-bond acceptors (Lipinski definition) is 4. The van der Waals surface area contributed by atoms with Crippen LogP contribution in [0.1, 0.15) is 30.6 Å². The molecule has 110 valence electrons. The van der Waals surface area contributed by atoms with Gasteiger partial charge in [-0.1, -0.05) is 0 Å². The third-order valence-electron chi connectivity index (χ3n) is 2.46. The molecule has 0 aromatic heterocycles. The normalized spacial score (nSPS) is 10.6. The van der Waals surface area contributed by atoms with Crippen LogP contribution in [0.25, 0.3) is 0 Å². The summed E-state index contributed by atoms with van der Waals surface area (Å²) in [7, 11) is 0. The van der Waals surface area contributed by atoms with Gasteiger partial charge >= 0.3 is 5.69 Å². The van der Waals surface area contributed by atoms with Crippen molar-refractivity contribution in [1.82, 2.24) is 5.32 Å². The van der Waals surface area contributed by atoms with Crippen LogP contribution in [-0.4, -0.2) is 30.1 Å². The molecule has 0 radical (unpaired) electrons. The van der Waals surface area contributed by atoms with E-state index in [9.17, 15) is 19.3 Å². The zero-order valence-corrected chi connectivity index (χ0v) is 11.4. The summed E-state index contributed by atoms with van der Waals surface area (Å²) in [4.78, 5) is 21.3. The zero-order chi connectivity index (χ0) is 15.1. The van der Waals surface area contributed by atoms with Gasteiger partial charge in [0.15, 0.2) is 0 Å². The van der Waals surface area contributed by atoms with Crippen LogP contribution in [-0.2, 0) is 4.74 Å². The molecule has 1 N–H and O–H groups in total. The van der Waals surface area contributed by atoms with Crippen molar-refractivity contribution in [2.75, 3.05) is 13.2 Å². The molecule has 0 aliphatic heterocycles. The summed E-state index contributed by atoms with van der Waals surface area (Å²) in [5, 5.41) is 13.0. The first-order valence-electron chi connectivity index (χ1n) is 6.25. The summed E-state index contributed by atoms with van der Waals surface area (Å²) < 4.78 is 18.7. The van der Waals surface area contributed by atoms with Gasteiger partial charge in [0, 0.05) is 24.8 Å². The predicted octanol–water partition coefficient (Wildman–Crippen LogP) is 2.28. The van der Waals surface area contributed by atoms with Crippen molar-refractivity contribution in [2.24, 2.45) is 0 Å². The van der Waals surface area contributed by atoms with Crippen molar-refractivity contribution in [3.8, 4) is 0 Å². The van der Waals surface area contributed by atoms with Crippen LogP contribution in [0.2, 0.25) is 0 Å². The second kappa shape index (κ2) is 7.54. The second-order valence-corrected chi connectivity index (χ2v) is 4.45. The lowest BCUT2D eigenvalue weighted by Crippen LogP contribution is -2.25. The molecule has 0 aliphatic carbocycles. The molecular formula is C13H17FN2O4. The van der Waals surface area contributed by atoms with E-state index in [-0.39, 0.29) is 11.7 Å². The molecule has 0 saturated carbocycles. The number of carbonyl (C=O) groups is 1. The molecular weight excluding hydrogens is 267 g/mol. The number of rotatable bonds is 7. The summed E-state index contributed by atoms with van der Waals surface area (Å²) in [5.41, 5.74) is -0.593. The minimum absolute atomic E-state index is 0.0536. The standard InChI is InChI=1S/C13H17FN2O4/c1-9(2)20-7-3-6-15-13(17)10-4-5-12(16(18)19)11(14)8-10/h4-5,8-9H,3,6-7H2,1-2H3,(H,15,17). The molecule has 0 spiro atoms. The van der Waals surface area contributed by atoms with Gasteiger partial charge in [-0.2, -0.15) is 4.39 Å². The lowest BCUT2D eigenvalue weighted by molar-refractivity contribution is -0.387. The zero-order valence-electron chi connectivity index (χ0n) is 11.4. The summed E-state index contributed by atoms with van der Waals surface area (Å²) in [5.74, 6) is -1.49. The Morgan fingerprint density at radius 1 is 1.50 bits per heavy atom. The maximum Gasteiger partial charge on any atom is 0.304 e. The first-order valence-corrected chi connectivity index (χ1v) is 6.25. The third kappa shape index (κ3) is 4.93. The molecule has 0 bridgehead atoms. The van der Waals surface area contributed by atoms with Crippen molar-refractivity contribution in [2.45, 2.75) is 26.4 Å². The molecule has 0 saturated heterocycles. The Morgan fingerprint density at radius 3 is 2.75 bits per heavy atom. The Morgan fingerprint density at radius 2 is 2.20 bits per heavy atom. The molecule has 1 rings (SSSR count). The van der Waals surface area contributed by atoms with E-state index in [4.69, 9.17) is 4.74 Å². The third-order valence-corrected chi connectivity index (χ3v) is 2.46. The second-order valence-electron chi connectivity index (χ2n) is 4.45. The van der Waals surface area contributed by atoms with Crippen LogP contribution in [0.15, 0.2) is 18.2 Å². The Hall–Kier alpha value is -2.02. The fraction of sp³-hybridized carbons (Fsp3) is 0.462. The highest BCUT2D eigenvalue weighted by Gasteiger charge is 2.16. The van der Waals surface area contributed by atoms with Gasteiger partial charge in [-0.05, 0) is 32.4 Å². The van der Waals surface area contributed by atoms with Crippen molar-refractivity contribution in [3.05, 3.63) is 39.7 Å². The number of ether oxygens (including phenoxy) is 1. The Labute approximate surface area is 116 Å². The summed E-state index contributed by atoms with van der Waals surface area (Å²) in [6.07, 6.45) is 0.772. The molecule has 0 atom stereocenters. The van der Waals surface area contributed by atoms with Crippen LogP contribution in [0, 0.1) is 15.9 Å². The van der Waals surface area contributed by atoms with Gasteiger partial charge in [-0.25, -0.2) is 0 Å². The molecule has 1 amide bonds. The average Bonchev–Trinajstić information content (AvgIpc) is 2.37. The SMILES string of the molecule is CC(C)OCCCNC(=O)c1ccc([N+](=O)[O-])c(F)c1. The molecule has 20 heavy (non-hydrogen) atoms. The number of nitrogens with one attached hydrogen (secondary N) is 1. The number of nitrogens with zero attached hydrogens (tertiary/aromatic N) is 1. The fourth-order valence-electron chi connectivity index (χ4n) is 1.49. The molecule has 0 aliphatic rings. The van der Waals surface area contributed by atoms with E-state index in [1.807, 2.05) is 13.8 Å². The topological polar surface area (TPSA) is 81.5 Å². The van der Waals surface area contributed by atoms with Gasteiger partial charge in [0.1, 0.15) is 0 Å². The maximum atomic E-state index is 13.4. The molecule has 0 unspecified atom stereocenters. The van der Waals surface area contributed by atoms with Gasteiger partial charge in [0.2, 0.25) is 5.82 Å². The van der Waals surface area contributed by atoms with E-state index in [0.717, 1.165) is 12.1 Å². The summed E-state index contributed by atoms with van der Waals surface area (Å²) in [6.45, 7) is 4.74. The highest BCUT2D eigenvalue weighted by Crippen LogP contribution is 2.17. The maximum absolute atomic E-state index is 13.4. The largest absolute Gasteiger partial charge is 0.379 e. The van der Waals surface area contributed by atoms with E-state index >= 15 is 0 Å². The van der Waals surface area contributed by atoms with Crippen molar-refractivity contribution < 1.29 is 18.8 Å². The van der Waals surface area contributed by atoms with Gasteiger partial charge in [0.05, 0.1) is 11.0 Å². The highest BCUT2D eigenvalue weighted by molar-refractivity contribution is 5.94. The van der Waals surface area contributed by atoms with Crippen molar-refractivity contribution >= 4 is 11.6 Å². The van der Waals surface area contributed by atoms with Crippen LogP contribution in [0.5, 0.6) is 0 Å². The van der Waals surface area contributed by atoms with Gasteiger partial charge in [-0.15, -0.1) is 0 Å². The Balaban J connectivity index is 2.48. The fourth-order valence-corrected chi connectivity index (χ4v) is 1.49. The Bertz CT molecular complexity index is 491.